The predicted molar refractivity (Wildman–Crippen MR) is 84.8 cm³/mol. The van der Waals surface area contributed by atoms with Crippen LogP contribution in [-0.4, -0.2) is 28.9 Å². The normalized spacial score (nSPS) is 13.0. The van der Waals surface area contributed by atoms with Gasteiger partial charge in [0.2, 0.25) is 5.91 Å². The minimum Gasteiger partial charge on any atom is -0.388 e. The molecule has 0 unspecified atom stereocenters. The number of aliphatic hydroxyl groups is 1. The van der Waals surface area contributed by atoms with E-state index in [0.717, 1.165) is 4.90 Å². The molecule has 1 amide bonds. The van der Waals surface area contributed by atoms with E-state index in [1.807, 2.05) is 20.8 Å². The molecule has 3 nitrogen and oxygen atoms in total. The van der Waals surface area contributed by atoms with Crippen LogP contribution in [0.15, 0.2) is 29.2 Å². The van der Waals surface area contributed by atoms with E-state index in [1.54, 1.807) is 12.1 Å². The number of thioether (sulfide) groups is 1. The lowest BCUT2D eigenvalue weighted by Gasteiger charge is -2.26. The Balaban J connectivity index is 2.39. The van der Waals surface area contributed by atoms with Crippen LogP contribution >= 0.6 is 11.8 Å². The second-order valence-electron chi connectivity index (χ2n) is 5.32. The zero-order valence-electron chi connectivity index (χ0n) is 12.9. The van der Waals surface area contributed by atoms with Crippen LogP contribution in [0, 0.1) is 11.7 Å². The van der Waals surface area contributed by atoms with Gasteiger partial charge >= 0.3 is 0 Å². The zero-order valence-corrected chi connectivity index (χ0v) is 13.7. The topological polar surface area (TPSA) is 49.3 Å². The van der Waals surface area contributed by atoms with Crippen molar-refractivity contribution in [2.24, 2.45) is 5.92 Å². The first kappa shape index (κ1) is 18.0. The molecule has 0 saturated heterocycles. The maximum atomic E-state index is 12.8. The fourth-order valence-corrected chi connectivity index (χ4v) is 2.68. The van der Waals surface area contributed by atoms with Gasteiger partial charge in [-0.3, -0.25) is 4.79 Å². The van der Waals surface area contributed by atoms with Gasteiger partial charge in [0.05, 0.1) is 5.60 Å². The molecule has 21 heavy (non-hydrogen) atoms. The first-order chi connectivity index (χ1) is 9.90. The third kappa shape index (κ3) is 6.06. The molecule has 0 aromatic heterocycles. The van der Waals surface area contributed by atoms with Crippen LogP contribution in [0.5, 0.6) is 0 Å². The van der Waals surface area contributed by atoms with E-state index in [0.29, 0.717) is 18.6 Å². The third-order valence-corrected chi connectivity index (χ3v) is 4.94. The highest BCUT2D eigenvalue weighted by Crippen LogP contribution is 2.21. The van der Waals surface area contributed by atoms with E-state index >= 15 is 0 Å². The smallest absolute Gasteiger partial charge is 0.223 e. The molecule has 5 heteroatoms. The van der Waals surface area contributed by atoms with Crippen LogP contribution in [0.1, 0.15) is 33.6 Å². The molecule has 0 radical (unpaired) electrons. The first-order valence-electron chi connectivity index (χ1n) is 7.28. The highest BCUT2D eigenvalue weighted by atomic mass is 32.2. The average molecular weight is 313 g/mol. The van der Waals surface area contributed by atoms with Gasteiger partial charge in [-0.15, -0.1) is 11.8 Å². The maximum Gasteiger partial charge on any atom is 0.223 e. The van der Waals surface area contributed by atoms with Crippen LogP contribution in [0.3, 0.4) is 0 Å². The molecule has 0 spiro atoms. The molecule has 0 aliphatic carbocycles. The Morgan fingerprint density at radius 3 is 2.43 bits per heavy atom. The number of halogens is 1. The number of rotatable bonds is 8. The molecule has 0 fully saturated rings. The predicted octanol–water partition coefficient (Wildman–Crippen LogP) is 3.22. The molecule has 2 N–H and O–H groups in total. The SMILES string of the molecule is CCC(O)(CC)CNC(=O)[C@H](C)CSc1ccc(F)cc1. The quantitative estimate of drug-likeness (QED) is 0.725. The van der Waals surface area contributed by atoms with Gasteiger partial charge in [0.25, 0.3) is 0 Å². The highest BCUT2D eigenvalue weighted by Gasteiger charge is 2.24. The number of carbonyl (C=O) groups excluding carboxylic acids is 1. The van der Waals surface area contributed by atoms with Crippen LogP contribution in [0.2, 0.25) is 0 Å². The van der Waals surface area contributed by atoms with E-state index in [4.69, 9.17) is 0 Å². The molecule has 1 aromatic rings. The van der Waals surface area contributed by atoms with E-state index in [9.17, 15) is 14.3 Å². The van der Waals surface area contributed by atoms with Crippen molar-refractivity contribution < 1.29 is 14.3 Å². The van der Waals surface area contributed by atoms with Crippen molar-refractivity contribution in [1.82, 2.24) is 5.32 Å². The summed E-state index contributed by atoms with van der Waals surface area (Å²) in [6.07, 6.45) is 1.23. The maximum absolute atomic E-state index is 12.8. The summed E-state index contributed by atoms with van der Waals surface area (Å²) in [7, 11) is 0. The molecule has 1 aromatic carbocycles. The van der Waals surface area contributed by atoms with Crippen LogP contribution in [0.4, 0.5) is 4.39 Å². The summed E-state index contributed by atoms with van der Waals surface area (Å²) in [5.74, 6) is 0.125. The summed E-state index contributed by atoms with van der Waals surface area (Å²) in [5, 5.41) is 12.9. The number of nitrogens with one attached hydrogen (secondary N) is 1. The van der Waals surface area contributed by atoms with E-state index in [2.05, 4.69) is 5.32 Å². The Kier molecular flexibility index (Phi) is 7.18. The molecule has 0 aliphatic heterocycles. The van der Waals surface area contributed by atoms with Crippen molar-refractivity contribution in [3.63, 3.8) is 0 Å². The zero-order chi connectivity index (χ0) is 15.9. The Morgan fingerprint density at radius 1 is 1.33 bits per heavy atom. The van der Waals surface area contributed by atoms with E-state index in [-0.39, 0.29) is 24.2 Å². The van der Waals surface area contributed by atoms with Gasteiger partial charge in [-0.25, -0.2) is 4.39 Å². The van der Waals surface area contributed by atoms with Gasteiger partial charge in [0, 0.05) is 23.1 Å². The summed E-state index contributed by atoms with van der Waals surface area (Å²) in [6, 6.07) is 6.24. The van der Waals surface area contributed by atoms with E-state index < -0.39 is 5.60 Å². The van der Waals surface area contributed by atoms with Gasteiger partial charge in [0.1, 0.15) is 5.82 Å². The summed E-state index contributed by atoms with van der Waals surface area (Å²) in [6.45, 7) is 5.94. The number of amides is 1. The molecule has 1 atom stereocenters. The summed E-state index contributed by atoms with van der Waals surface area (Å²) >= 11 is 1.52. The lowest BCUT2D eigenvalue weighted by Crippen LogP contribution is -2.44. The summed E-state index contributed by atoms with van der Waals surface area (Å²) in [4.78, 5) is 12.9. The number of hydrogen-bond acceptors (Lipinski definition) is 3. The Morgan fingerprint density at radius 2 is 1.90 bits per heavy atom. The highest BCUT2D eigenvalue weighted by molar-refractivity contribution is 7.99. The number of hydrogen-bond donors (Lipinski definition) is 2. The van der Waals surface area contributed by atoms with Crippen molar-refractivity contribution >= 4 is 17.7 Å². The monoisotopic (exact) mass is 313 g/mol. The Bertz CT molecular complexity index is 446. The minimum atomic E-state index is -0.820. The summed E-state index contributed by atoms with van der Waals surface area (Å²) < 4.78 is 12.8. The van der Waals surface area contributed by atoms with Crippen molar-refractivity contribution in [2.45, 2.75) is 44.1 Å². The molecule has 118 valence electrons. The Hall–Kier alpha value is -1.07. The molecule has 0 heterocycles. The average Bonchev–Trinajstić information content (AvgIpc) is 2.51. The van der Waals surface area contributed by atoms with Gasteiger partial charge in [-0.2, -0.15) is 0 Å². The summed E-state index contributed by atoms with van der Waals surface area (Å²) in [5.41, 5.74) is -0.820. The first-order valence-corrected chi connectivity index (χ1v) is 8.27. The third-order valence-electron chi connectivity index (χ3n) is 3.67. The van der Waals surface area contributed by atoms with E-state index in [1.165, 1.54) is 23.9 Å². The second kappa shape index (κ2) is 8.39. The van der Waals surface area contributed by atoms with Crippen molar-refractivity contribution in [1.29, 1.82) is 0 Å². The van der Waals surface area contributed by atoms with Gasteiger partial charge in [0.15, 0.2) is 0 Å². The van der Waals surface area contributed by atoms with Crippen molar-refractivity contribution in [3.05, 3.63) is 30.1 Å². The molecule has 0 aliphatic rings. The lowest BCUT2D eigenvalue weighted by molar-refractivity contribution is -0.125. The van der Waals surface area contributed by atoms with Crippen LogP contribution in [-0.2, 0) is 4.79 Å². The van der Waals surface area contributed by atoms with Crippen molar-refractivity contribution in [3.8, 4) is 0 Å². The van der Waals surface area contributed by atoms with Crippen molar-refractivity contribution in [2.75, 3.05) is 12.3 Å². The minimum absolute atomic E-state index is 0.0649. The van der Waals surface area contributed by atoms with Crippen LogP contribution in [0.25, 0.3) is 0 Å². The Labute approximate surface area is 130 Å². The fourth-order valence-electron chi connectivity index (χ4n) is 1.75. The van der Waals surface area contributed by atoms with Gasteiger partial charge < -0.3 is 10.4 Å². The number of benzene rings is 1. The molecule has 0 bridgehead atoms. The molecule has 1 rings (SSSR count). The lowest BCUT2D eigenvalue weighted by atomic mass is 9.97. The van der Waals surface area contributed by atoms with Gasteiger partial charge in [-0.05, 0) is 37.1 Å². The standard InChI is InChI=1S/C16H24FNO2S/c1-4-16(20,5-2)11-18-15(19)12(3)10-21-14-8-6-13(17)7-9-14/h6-9,12,20H,4-5,10-11H2,1-3H3,(H,18,19)/t12-/m1/s1. The molecule has 0 saturated carbocycles. The van der Waals surface area contributed by atoms with Crippen LogP contribution < -0.4 is 5.32 Å². The fraction of sp³-hybridized carbons (Fsp3) is 0.562. The second-order valence-corrected chi connectivity index (χ2v) is 6.41. The largest absolute Gasteiger partial charge is 0.388 e. The van der Waals surface area contributed by atoms with Gasteiger partial charge in [-0.1, -0.05) is 20.8 Å². The molecular formula is C16H24FNO2S. The molecular weight excluding hydrogens is 289 g/mol. The number of carbonyl (C=O) groups is 1.